The number of nitrogens with two attached hydrogens (primary N) is 1. The zero-order valence-corrected chi connectivity index (χ0v) is 13.6. The molecule has 8 heteroatoms. The van der Waals surface area contributed by atoms with E-state index in [1.54, 1.807) is 6.29 Å². The molecule has 3 amide bonds. The zero-order chi connectivity index (χ0) is 17.4. The second kappa shape index (κ2) is 9.24. The summed E-state index contributed by atoms with van der Waals surface area (Å²) in [6.07, 6.45) is 3.54. The van der Waals surface area contributed by atoms with E-state index >= 15 is 0 Å². The van der Waals surface area contributed by atoms with Gasteiger partial charge in [-0.25, -0.2) is 0 Å². The highest BCUT2D eigenvalue weighted by Crippen LogP contribution is 2.18. The minimum absolute atomic E-state index is 0.106. The Morgan fingerprint density at radius 2 is 2.09 bits per heavy atom. The van der Waals surface area contributed by atoms with Crippen molar-refractivity contribution in [3.63, 3.8) is 0 Å². The largest absolute Gasteiger partial charge is 0.347 e. The third-order valence-corrected chi connectivity index (χ3v) is 4.18. The summed E-state index contributed by atoms with van der Waals surface area (Å²) in [4.78, 5) is 48.1. The number of hydrogen-bond acceptors (Lipinski definition) is 5. The predicted molar refractivity (Wildman–Crippen MR) is 83.9 cm³/mol. The van der Waals surface area contributed by atoms with Crippen LogP contribution in [0.15, 0.2) is 0 Å². The minimum atomic E-state index is -0.753. The first kappa shape index (κ1) is 19.1. The number of carbonyl (C=O) groups is 3. The summed E-state index contributed by atoms with van der Waals surface area (Å²) in [5.41, 5.74) is 5.36. The summed E-state index contributed by atoms with van der Waals surface area (Å²) in [5, 5.41) is 5.12. The molecular weight excluding hydrogens is 300 g/mol. The molecule has 0 bridgehead atoms. The zero-order valence-electron chi connectivity index (χ0n) is 13.6. The van der Waals surface area contributed by atoms with Gasteiger partial charge in [0.2, 0.25) is 24.0 Å². The molecule has 0 aliphatic carbocycles. The maximum Gasteiger partial charge on any atom is 0.243 e. The number of likely N-dealkylation sites (tertiary alicyclic amines) is 1. The van der Waals surface area contributed by atoms with E-state index in [4.69, 9.17) is 5.73 Å². The fourth-order valence-corrected chi connectivity index (χ4v) is 2.64. The van der Waals surface area contributed by atoms with E-state index in [1.807, 2.05) is 13.8 Å². The van der Waals surface area contributed by atoms with Crippen molar-refractivity contribution >= 4 is 24.0 Å². The van der Waals surface area contributed by atoms with Gasteiger partial charge in [0, 0.05) is 6.54 Å². The van der Waals surface area contributed by atoms with Crippen LogP contribution in [0.3, 0.4) is 0 Å². The van der Waals surface area contributed by atoms with Gasteiger partial charge in [-0.1, -0.05) is 20.3 Å². The fourth-order valence-electron chi connectivity index (χ4n) is 2.64. The van der Waals surface area contributed by atoms with Crippen molar-refractivity contribution in [2.75, 3.05) is 19.6 Å². The molecule has 1 radical (unpaired) electrons. The molecule has 0 aromatic heterocycles. The van der Waals surface area contributed by atoms with Gasteiger partial charge < -0.3 is 21.3 Å². The lowest BCUT2D eigenvalue weighted by Crippen LogP contribution is -2.55. The summed E-state index contributed by atoms with van der Waals surface area (Å²) >= 11 is 0. The second-order valence-electron chi connectivity index (χ2n) is 5.68. The standard InChI is InChI=1S/C15H25N4O4/c1-3-10(2)13(15(23)17-6-8-20)18-14(22)11-5-4-7-19(11)12(21)9-16/h10-11,13H,3-7,9,16H2,1-2H3,(H,17,23)(H,18,22). The Morgan fingerprint density at radius 3 is 2.65 bits per heavy atom. The Balaban J connectivity index is 2.77. The van der Waals surface area contributed by atoms with Gasteiger partial charge in [0.1, 0.15) is 12.1 Å². The van der Waals surface area contributed by atoms with Crippen LogP contribution in [0, 0.1) is 5.92 Å². The van der Waals surface area contributed by atoms with Crippen LogP contribution >= 0.6 is 0 Å². The van der Waals surface area contributed by atoms with Gasteiger partial charge in [-0.15, -0.1) is 0 Å². The van der Waals surface area contributed by atoms with Crippen LogP contribution < -0.4 is 16.4 Å². The highest BCUT2D eigenvalue weighted by atomic mass is 16.2. The molecule has 0 aromatic rings. The van der Waals surface area contributed by atoms with E-state index in [0.717, 1.165) is 6.42 Å². The van der Waals surface area contributed by atoms with E-state index in [9.17, 15) is 19.2 Å². The first-order valence-corrected chi connectivity index (χ1v) is 7.88. The summed E-state index contributed by atoms with van der Waals surface area (Å²) < 4.78 is 0. The third-order valence-electron chi connectivity index (χ3n) is 4.18. The molecule has 3 unspecified atom stereocenters. The molecule has 0 saturated carbocycles. The molecule has 3 atom stereocenters. The molecule has 1 saturated heterocycles. The van der Waals surface area contributed by atoms with Gasteiger partial charge in [-0.05, 0) is 18.8 Å². The number of nitrogens with one attached hydrogen (secondary N) is 2. The van der Waals surface area contributed by atoms with Crippen LogP contribution in [-0.2, 0) is 19.2 Å². The molecule has 23 heavy (non-hydrogen) atoms. The van der Waals surface area contributed by atoms with Crippen LogP contribution in [-0.4, -0.2) is 60.6 Å². The maximum atomic E-state index is 12.5. The van der Waals surface area contributed by atoms with E-state index in [-0.39, 0.29) is 30.8 Å². The molecule has 0 aromatic carbocycles. The van der Waals surface area contributed by atoms with Crippen LogP contribution in [0.4, 0.5) is 0 Å². The molecule has 1 aliphatic rings. The lowest BCUT2D eigenvalue weighted by Gasteiger charge is -2.28. The van der Waals surface area contributed by atoms with Crippen molar-refractivity contribution in [2.45, 2.75) is 45.2 Å². The topological polar surface area (TPSA) is 122 Å². The van der Waals surface area contributed by atoms with Gasteiger partial charge in [-0.2, -0.15) is 0 Å². The Morgan fingerprint density at radius 1 is 1.39 bits per heavy atom. The van der Waals surface area contributed by atoms with E-state index in [1.165, 1.54) is 4.90 Å². The number of amides is 3. The normalized spacial score (nSPS) is 19.8. The lowest BCUT2D eigenvalue weighted by molar-refractivity contribution is -0.139. The van der Waals surface area contributed by atoms with Crippen molar-refractivity contribution in [1.29, 1.82) is 0 Å². The van der Waals surface area contributed by atoms with Gasteiger partial charge in [-0.3, -0.25) is 19.2 Å². The summed E-state index contributed by atoms with van der Waals surface area (Å²) in [7, 11) is 0. The number of carbonyl (C=O) groups excluding carboxylic acids is 4. The molecule has 1 rings (SSSR count). The highest BCUT2D eigenvalue weighted by Gasteiger charge is 2.36. The van der Waals surface area contributed by atoms with E-state index < -0.39 is 18.0 Å². The number of rotatable bonds is 8. The van der Waals surface area contributed by atoms with Crippen LogP contribution in [0.5, 0.6) is 0 Å². The first-order chi connectivity index (χ1) is 11.0. The number of hydrogen-bond donors (Lipinski definition) is 3. The molecular formula is C15H25N4O4. The molecule has 1 heterocycles. The third kappa shape index (κ3) is 5.02. The van der Waals surface area contributed by atoms with E-state index in [0.29, 0.717) is 19.4 Å². The molecule has 1 aliphatic heterocycles. The maximum absolute atomic E-state index is 12.5. The lowest BCUT2D eigenvalue weighted by atomic mass is 9.97. The summed E-state index contributed by atoms with van der Waals surface area (Å²) in [6, 6.07) is -1.35. The summed E-state index contributed by atoms with van der Waals surface area (Å²) in [5.74, 6) is -1.17. The van der Waals surface area contributed by atoms with Gasteiger partial charge in [0.25, 0.3) is 0 Å². The van der Waals surface area contributed by atoms with Crippen LogP contribution in [0.2, 0.25) is 0 Å². The monoisotopic (exact) mass is 325 g/mol. The molecule has 8 nitrogen and oxygen atoms in total. The van der Waals surface area contributed by atoms with Gasteiger partial charge in [0.15, 0.2) is 0 Å². The first-order valence-electron chi connectivity index (χ1n) is 7.88. The Bertz CT molecular complexity index is 455. The SMILES string of the molecule is CCC(C)C(NC(=O)C1CCCN1C(=O)CN)C(=O)NC[C]=O. The van der Waals surface area contributed by atoms with Crippen molar-refractivity contribution in [2.24, 2.45) is 11.7 Å². The Hall–Kier alpha value is -1.96. The quantitative estimate of drug-likeness (QED) is 0.512. The number of nitrogens with zero attached hydrogens (tertiary/aromatic N) is 1. The average Bonchev–Trinajstić information content (AvgIpc) is 3.05. The van der Waals surface area contributed by atoms with Gasteiger partial charge in [0.05, 0.1) is 13.1 Å². The Kier molecular flexibility index (Phi) is 7.67. The van der Waals surface area contributed by atoms with Crippen LogP contribution in [0.25, 0.3) is 0 Å². The molecule has 129 valence electrons. The van der Waals surface area contributed by atoms with Crippen molar-refractivity contribution < 1.29 is 19.2 Å². The van der Waals surface area contributed by atoms with Crippen molar-refractivity contribution in [3.05, 3.63) is 0 Å². The minimum Gasteiger partial charge on any atom is -0.347 e. The average molecular weight is 325 g/mol. The Labute approximate surface area is 136 Å². The molecule has 4 N–H and O–H groups in total. The highest BCUT2D eigenvalue weighted by molar-refractivity contribution is 5.93. The van der Waals surface area contributed by atoms with Gasteiger partial charge >= 0.3 is 0 Å². The van der Waals surface area contributed by atoms with E-state index in [2.05, 4.69) is 10.6 Å². The second-order valence-corrected chi connectivity index (χ2v) is 5.68. The predicted octanol–water partition coefficient (Wildman–Crippen LogP) is -1.31. The van der Waals surface area contributed by atoms with Crippen LogP contribution in [0.1, 0.15) is 33.1 Å². The van der Waals surface area contributed by atoms with Crippen molar-refractivity contribution in [1.82, 2.24) is 15.5 Å². The smallest absolute Gasteiger partial charge is 0.243 e. The summed E-state index contributed by atoms with van der Waals surface area (Å²) in [6.45, 7) is 3.88. The fraction of sp³-hybridized carbons (Fsp3) is 0.733. The van der Waals surface area contributed by atoms with Crippen molar-refractivity contribution in [3.8, 4) is 0 Å². The molecule has 0 spiro atoms. The molecule has 1 fully saturated rings.